The van der Waals surface area contributed by atoms with Crippen molar-refractivity contribution in [2.24, 2.45) is 0 Å². The van der Waals surface area contributed by atoms with Crippen molar-refractivity contribution in [2.45, 2.75) is 6.42 Å². The molecule has 0 unspecified atom stereocenters. The lowest BCUT2D eigenvalue weighted by Gasteiger charge is -2.11. The van der Waals surface area contributed by atoms with E-state index in [1.54, 1.807) is 12.1 Å². The minimum Gasteiger partial charge on any atom is -0.399 e. The van der Waals surface area contributed by atoms with Gasteiger partial charge in [0.1, 0.15) is 0 Å². The van der Waals surface area contributed by atoms with Crippen molar-refractivity contribution in [2.75, 3.05) is 18.1 Å². The first-order valence-corrected chi connectivity index (χ1v) is 5.56. The Morgan fingerprint density at radius 2 is 1.71 bits per heavy atom. The van der Waals surface area contributed by atoms with Crippen molar-refractivity contribution >= 4 is 11.4 Å². The first kappa shape index (κ1) is 11.5. The number of nitrogens with two attached hydrogens (primary N) is 2. The molecule has 2 rings (SSSR count). The zero-order chi connectivity index (χ0) is 12.3. The van der Waals surface area contributed by atoms with Crippen molar-refractivity contribution in [1.29, 1.82) is 0 Å². The second-order valence-electron chi connectivity index (χ2n) is 3.98. The van der Waals surface area contributed by atoms with Crippen LogP contribution < -0.4 is 11.5 Å². The highest BCUT2D eigenvalue weighted by Gasteiger charge is 2.07. The van der Waals surface area contributed by atoms with Crippen molar-refractivity contribution in [3.05, 3.63) is 48.0 Å². The van der Waals surface area contributed by atoms with Gasteiger partial charge in [-0.05, 0) is 35.7 Å². The van der Waals surface area contributed by atoms with Gasteiger partial charge in [-0.3, -0.25) is 0 Å². The van der Waals surface area contributed by atoms with Crippen molar-refractivity contribution in [1.82, 2.24) is 0 Å². The highest BCUT2D eigenvalue weighted by Crippen LogP contribution is 2.30. The van der Waals surface area contributed by atoms with Gasteiger partial charge in [-0.15, -0.1) is 0 Å². The number of aliphatic hydroxyl groups is 1. The molecule has 88 valence electrons. The molecule has 0 heterocycles. The summed E-state index contributed by atoms with van der Waals surface area (Å²) in [5.74, 6) is 0. The monoisotopic (exact) mass is 228 g/mol. The number of hydrogen-bond donors (Lipinski definition) is 3. The molecule has 3 heteroatoms. The van der Waals surface area contributed by atoms with Crippen molar-refractivity contribution in [3.8, 4) is 11.1 Å². The highest BCUT2D eigenvalue weighted by molar-refractivity contribution is 5.81. The Morgan fingerprint density at radius 1 is 0.941 bits per heavy atom. The van der Waals surface area contributed by atoms with Gasteiger partial charge in [0.2, 0.25) is 0 Å². The van der Waals surface area contributed by atoms with Crippen LogP contribution in [0.5, 0.6) is 0 Å². The van der Waals surface area contributed by atoms with Crippen molar-refractivity contribution in [3.63, 3.8) is 0 Å². The average Bonchev–Trinajstić information content (AvgIpc) is 2.34. The van der Waals surface area contributed by atoms with Crippen LogP contribution in [0.1, 0.15) is 5.56 Å². The van der Waals surface area contributed by atoms with Gasteiger partial charge >= 0.3 is 0 Å². The summed E-state index contributed by atoms with van der Waals surface area (Å²) in [5, 5.41) is 9.06. The summed E-state index contributed by atoms with van der Waals surface area (Å²) >= 11 is 0. The van der Waals surface area contributed by atoms with E-state index >= 15 is 0 Å². The van der Waals surface area contributed by atoms with Crippen LogP contribution in [-0.2, 0) is 6.42 Å². The Kier molecular flexibility index (Phi) is 3.30. The molecule has 0 atom stereocenters. The molecule has 0 aromatic heterocycles. The van der Waals surface area contributed by atoms with E-state index < -0.39 is 0 Å². The van der Waals surface area contributed by atoms with E-state index in [-0.39, 0.29) is 6.61 Å². The maximum atomic E-state index is 9.06. The molecule has 5 N–H and O–H groups in total. The van der Waals surface area contributed by atoms with E-state index in [4.69, 9.17) is 16.6 Å². The molecule has 2 aromatic carbocycles. The van der Waals surface area contributed by atoms with Gasteiger partial charge in [0.25, 0.3) is 0 Å². The third-order valence-electron chi connectivity index (χ3n) is 2.77. The van der Waals surface area contributed by atoms with E-state index in [0.717, 1.165) is 16.7 Å². The second kappa shape index (κ2) is 4.89. The molecule has 0 saturated carbocycles. The Labute approximate surface area is 101 Å². The van der Waals surface area contributed by atoms with Crippen LogP contribution in [0.3, 0.4) is 0 Å². The summed E-state index contributed by atoms with van der Waals surface area (Å²) in [7, 11) is 0. The third kappa shape index (κ3) is 2.40. The Hall–Kier alpha value is -2.00. The number of hydrogen-bond acceptors (Lipinski definition) is 3. The van der Waals surface area contributed by atoms with Crippen molar-refractivity contribution < 1.29 is 5.11 Å². The Balaban J connectivity index is 2.55. The number of anilines is 2. The molecule has 0 spiro atoms. The quantitative estimate of drug-likeness (QED) is 0.704. The fourth-order valence-corrected chi connectivity index (χ4v) is 1.93. The first-order valence-electron chi connectivity index (χ1n) is 5.56. The summed E-state index contributed by atoms with van der Waals surface area (Å²) in [6.07, 6.45) is 0.615. The SMILES string of the molecule is Nc1ccc(N)c(-c2ccccc2CCO)c1. The van der Waals surface area contributed by atoms with Gasteiger partial charge in [0.15, 0.2) is 0 Å². The summed E-state index contributed by atoms with van der Waals surface area (Å²) in [5.41, 5.74) is 16.2. The molecule has 0 aliphatic carbocycles. The van der Waals surface area contributed by atoms with Gasteiger partial charge in [-0.2, -0.15) is 0 Å². The fourth-order valence-electron chi connectivity index (χ4n) is 1.93. The van der Waals surface area contributed by atoms with E-state index in [1.807, 2.05) is 30.3 Å². The topological polar surface area (TPSA) is 72.3 Å². The standard InChI is InChI=1S/C14H16N2O/c15-11-5-6-14(16)13(9-11)12-4-2-1-3-10(12)7-8-17/h1-6,9,17H,7-8,15-16H2. The van der Waals surface area contributed by atoms with Crippen LogP contribution >= 0.6 is 0 Å². The maximum absolute atomic E-state index is 9.06. The second-order valence-corrected chi connectivity index (χ2v) is 3.98. The predicted octanol–water partition coefficient (Wildman–Crippen LogP) is 2.05. The fraction of sp³-hybridized carbons (Fsp3) is 0.143. The molecule has 0 amide bonds. The van der Waals surface area contributed by atoms with E-state index in [0.29, 0.717) is 17.8 Å². The summed E-state index contributed by atoms with van der Waals surface area (Å²) < 4.78 is 0. The molecule has 17 heavy (non-hydrogen) atoms. The summed E-state index contributed by atoms with van der Waals surface area (Å²) in [6.45, 7) is 0.124. The zero-order valence-corrected chi connectivity index (χ0v) is 9.56. The van der Waals surface area contributed by atoms with Crippen LogP contribution in [0.2, 0.25) is 0 Å². The highest BCUT2D eigenvalue weighted by atomic mass is 16.2. The molecule has 0 fully saturated rings. The molecule has 3 nitrogen and oxygen atoms in total. The Bertz CT molecular complexity index is 523. The average molecular weight is 228 g/mol. The zero-order valence-electron chi connectivity index (χ0n) is 9.56. The minimum atomic E-state index is 0.124. The summed E-state index contributed by atoms with van der Waals surface area (Å²) in [4.78, 5) is 0. The smallest absolute Gasteiger partial charge is 0.0471 e. The van der Waals surface area contributed by atoms with E-state index in [1.165, 1.54) is 0 Å². The first-order chi connectivity index (χ1) is 8.22. The van der Waals surface area contributed by atoms with Crippen LogP contribution in [-0.4, -0.2) is 11.7 Å². The lowest BCUT2D eigenvalue weighted by atomic mass is 9.96. The Morgan fingerprint density at radius 3 is 2.47 bits per heavy atom. The van der Waals surface area contributed by atoms with E-state index in [2.05, 4.69) is 0 Å². The van der Waals surface area contributed by atoms with Gasteiger partial charge in [0.05, 0.1) is 0 Å². The number of rotatable bonds is 3. The minimum absolute atomic E-state index is 0.124. The largest absolute Gasteiger partial charge is 0.399 e. The van der Waals surface area contributed by atoms with Gasteiger partial charge in [-0.25, -0.2) is 0 Å². The van der Waals surface area contributed by atoms with Crippen LogP contribution in [0.4, 0.5) is 11.4 Å². The number of benzene rings is 2. The van der Waals surface area contributed by atoms with Gasteiger partial charge < -0.3 is 16.6 Å². The maximum Gasteiger partial charge on any atom is 0.0471 e. The molecular weight excluding hydrogens is 212 g/mol. The van der Waals surface area contributed by atoms with Gasteiger partial charge in [-0.1, -0.05) is 24.3 Å². The lowest BCUT2D eigenvalue weighted by Crippen LogP contribution is -1.98. The third-order valence-corrected chi connectivity index (χ3v) is 2.77. The number of nitrogen functional groups attached to an aromatic ring is 2. The lowest BCUT2D eigenvalue weighted by molar-refractivity contribution is 0.300. The normalized spacial score (nSPS) is 10.4. The predicted molar refractivity (Wildman–Crippen MR) is 71.5 cm³/mol. The molecule has 0 aliphatic rings. The number of aliphatic hydroxyl groups excluding tert-OH is 1. The van der Waals surface area contributed by atoms with Crippen LogP contribution in [0.25, 0.3) is 11.1 Å². The van der Waals surface area contributed by atoms with Gasteiger partial charge in [0, 0.05) is 23.5 Å². The molecule has 0 radical (unpaired) electrons. The van der Waals surface area contributed by atoms with Crippen LogP contribution in [0, 0.1) is 0 Å². The molecule has 0 bridgehead atoms. The van der Waals surface area contributed by atoms with Crippen LogP contribution in [0.15, 0.2) is 42.5 Å². The summed E-state index contributed by atoms with van der Waals surface area (Å²) in [6, 6.07) is 13.4. The van der Waals surface area contributed by atoms with E-state index in [9.17, 15) is 0 Å². The molecule has 0 saturated heterocycles. The molecule has 0 aliphatic heterocycles. The molecule has 2 aromatic rings. The molecular formula is C14H16N2O.